The minimum absolute atomic E-state index is 0.0756. The fraction of sp³-hybridized carbons (Fsp3) is 0.235. The van der Waals surface area contributed by atoms with Crippen LogP contribution in [0.1, 0.15) is 21.5 Å². The minimum Gasteiger partial charge on any atom is -0.454 e. The number of ether oxygens (including phenoxy) is 2. The van der Waals surface area contributed by atoms with E-state index in [1.54, 1.807) is 11.8 Å². The van der Waals surface area contributed by atoms with Crippen molar-refractivity contribution in [1.29, 1.82) is 0 Å². The number of hydrogen-bond donors (Lipinski definition) is 1. The fourth-order valence-corrected chi connectivity index (χ4v) is 2.78. The van der Waals surface area contributed by atoms with Gasteiger partial charge in [0, 0.05) is 17.9 Å². The van der Waals surface area contributed by atoms with Gasteiger partial charge in [0.15, 0.2) is 11.5 Å². The second-order valence-electron chi connectivity index (χ2n) is 5.00. The van der Waals surface area contributed by atoms with Crippen molar-refractivity contribution in [3.8, 4) is 11.5 Å². The predicted octanol–water partition coefficient (Wildman–Crippen LogP) is 3.21. The first kappa shape index (κ1) is 14.8. The number of amides is 1. The van der Waals surface area contributed by atoms with Gasteiger partial charge in [0.25, 0.3) is 5.91 Å². The maximum absolute atomic E-state index is 12.1. The van der Waals surface area contributed by atoms with Crippen LogP contribution in [0, 0.1) is 0 Å². The highest BCUT2D eigenvalue weighted by Crippen LogP contribution is 2.32. The average Bonchev–Trinajstić information content (AvgIpc) is 3.01. The van der Waals surface area contributed by atoms with E-state index in [0.29, 0.717) is 12.1 Å². The van der Waals surface area contributed by atoms with E-state index in [2.05, 4.69) is 11.6 Å². The Labute approximate surface area is 133 Å². The molecule has 0 radical (unpaired) electrons. The van der Waals surface area contributed by atoms with Gasteiger partial charge in [-0.1, -0.05) is 18.2 Å². The Morgan fingerprint density at radius 2 is 1.82 bits per heavy atom. The molecule has 22 heavy (non-hydrogen) atoms. The molecule has 0 bridgehead atoms. The molecule has 0 fully saturated rings. The molecule has 1 amide bonds. The average molecular weight is 315 g/mol. The molecule has 0 unspecified atom stereocenters. The highest BCUT2D eigenvalue weighted by atomic mass is 32.2. The summed E-state index contributed by atoms with van der Waals surface area (Å²) < 4.78 is 10.6. The van der Waals surface area contributed by atoms with Crippen LogP contribution in [0.3, 0.4) is 0 Å². The van der Waals surface area contributed by atoms with E-state index in [1.165, 1.54) is 5.56 Å². The van der Waals surface area contributed by atoms with E-state index in [1.807, 2.05) is 42.5 Å². The summed E-state index contributed by atoms with van der Waals surface area (Å²) in [4.78, 5) is 12.1. The van der Waals surface area contributed by atoms with Crippen molar-refractivity contribution >= 4 is 17.7 Å². The van der Waals surface area contributed by atoms with Gasteiger partial charge in [0.2, 0.25) is 6.79 Å². The first-order valence-corrected chi connectivity index (χ1v) is 8.40. The molecule has 0 atom stereocenters. The van der Waals surface area contributed by atoms with Crippen LogP contribution in [0.15, 0.2) is 42.5 Å². The summed E-state index contributed by atoms with van der Waals surface area (Å²) in [6.07, 6.45) is 2.06. The summed E-state index contributed by atoms with van der Waals surface area (Å²) in [7, 11) is 0. The Hall–Kier alpha value is -2.14. The number of nitrogens with one attached hydrogen (secondary N) is 1. The molecule has 0 aromatic heterocycles. The number of thioether (sulfide) groups is 1. The molecule has 0 spiro atoms. The quantitative estimate of drug-likeness (QED) is 0.920. The number of hydrogen-bond acceptors (Lipinski definition) is 4. The molecule has 3 rings (SSSR count). The molecule has 1 aliphatic heterocycles. The second-order valence-corrected chi connectivity index (χ2v) is 5.87. The van der Waals surface area contributed by atoms with Gasteiger partial charge >= 0.3 is 0 Å². The van der Waals surface area contributed by atoms with Crippen molar-refractivity contribution in [3.05, 3.63) is 59.2 Å². The molecule has 2 aromatic carbocycles. The summed E-state index contributed by atoms with van der Waals surface area (Å²) in [5.41, 5.74) is 2.88. The summed E-state index contributed by atoms with van der Waals surface area (Å²) in [6.45, 7) is 0.718. The third kappa shape index (κ3) is 3.36. The topological polar surface area (TPSA) is 47.6 Å². The number of benzene rings is 2. The lowest BCUT2D eigenvalue weighted by molar-refractivity contribution is 0.0951. The van der Waals surface area contributed by atoms with Crippen LogP contribution in [0.2, 0.25) is 0 Å². The second kappa shape index (κ2) is 6.75. The van der Waals surface area contributed by atoms with Gasteiger partial charge < -0.3 is 14.8 Å². The molecule has 0 saturated carbocycles. The number of carbonyl (C=O) groups is 1. The monoisotopic (exact) mass is 315 g/mol. The Balaban J connectivity index is 1.60. The summed E-state index contributed by atoms with van der Waals surface area (Å²) >= 11 is 1.76. The SMILES string of the molecule is CSCc1ccc(C(=O)NCc2ccc3c(c2)OCO3)cc1. The maximum Gasteiger partial charge on any atom is 0.251 e. The summed E-state index contributed by atoms with van der Waals surface area (Å²) in [5.74, 6) is 2.36. The van der Waals surface area contributed by atoms with Crippen LogP contribution < -0.4 is 14.8 Å². The van der Waals surface area contributed by atoms with Crippen LogP contribution in [0.25, 0.3) is 0 Å². The lowest BCUT2D eigenvalue weighted by Crippen LogP contribution is -2.22. The molecule has 1 N–H and O–H groups in total. The van der Waals surface area contributed by atoms with Gasteiger partial charge in [-0.3, -0.25) is 4.79 Å². The van der Waals surface area contributed by atoms with E-state index >= 15 is 0 Å². The normalized spacial score (nSPS) is 12.2. The van der Waals surface area contributed by atoms with Gasteiger partial charge in [-0.25, -0.2) is 0 Å². The van der Waals surface area contributed by atoms with Crippen molar-refractivity contribution in [2.45, 2.75) is 12.3 Å². The van der Waals surface area contributed by atoms with Crippen molar-refractivity contribution in [2.24, 2.45) is 0 Å². The third-order valence-electron chi connectivity index (χ3n) is 3.42. The molecule has 114 valence electrons. The van der Waals surface area contributed by atoms with Crippen LogP contribution in [0.4, 0.5) is 0 Å². The number of carbonyl (C=O) groups excluding carboxylic acids is 1. The first-order valence-electron chi connectivity index (χ1n) is 7.01. The van der Waals surface area contributed by atoms with Gasteiger partial charge in [-0.05, 0) is 41.6 Å². The van der Waals surface area contributed by atoms with Crippen molar-refractivity contribution in [3.63, 3.8) is 0 Å². The zero-order chi connectivity index (χ0) is 15.4. The number of rotatable bonds is 5. The lowest BCUT2D eigenvalue weighted by Gasteiger charge is -2.07. The Kier molecular flexibility index (Phi) is 4.53. The molecule has 2 aromatic rings. The summed E-state index contributed by atoms with van der Waals surface area (Å²) in [5, 5.41) is 2.92. The third-order valence-corrected chi connectivity index (χ3v) is 4.04. The molecule has 4 nitrogen and oxygen atoms in total. The van der Waals surface area contributed by atoms with Crippen LogP contribution in [-0.2, 0) is 12.3 Å². The molecule has 0 aliphatic carbocycles. The van der Waals surface area contributed by atoms with Crippen molar-refractivity contribution < 1.29 is 14.3 Å². The van der Waals surface area contributed by atoms with Crippen LogP contribution >= 0.6 is 11.8 Å². The minimum atomic E-state index is -0.0756. The van der Waals surface area contributed by atoms with Gasteiger partial charge in [0.1, 0.15) is 0 Å². The molecule has 0 saturated heterocycles. The van der Waals surface area contributed by atoms with E-state index in [-0.39, 0.29) is 12.7 Å². The van der Waals surface area contributed by atoms with E-state index in [0.717, 1.165) is 22.8 Å². The molecular formula is C17H17NO3S. The van der Waals surface area contributed by atoms with Crippen LogP contribution in [-0.4, -0.2) is 19.0 Å². The smallest absolute Gasteiger partial charge is 0.251 e. The lowest BCUT2D eigenvalue weighted by atomic mass is 10.1. The highest BCUT2D eigenvalue weighted by molar-refractivity contribution is 7.97. The van der Waals surface area contributed by atoms with Crippen LogP contribution in [0.5, 0.6) is 11.5 Å². The summed E-state index contributed by atoms with van der Waals surface area (Å²) in [6, 6.07) is 13.4. The van der Waals surface area contributed by atoms with E-state index in [9.17, 15) is 4.79 Å². The Morgan fingerprint density at radius 3 is 2.59 bits per heavy atom. The number of fused-ring (bicyclic) bond motifs is 1. The molecule has 5 heteroatoms. The molecule has 1 aliphatic rings. The zero-order valence-corrected chi connectivity index (χ0v) is 13.1. The highest BCUT2D eigenvalue weighted by Gasteiger charge is 2.13. The Morgan fingerprint density at radius 1 is 1.09 bits per heavy atom. The molecule has 1 heterocycles. The predicted molar refractivity (Wildman–Crippen MR) is 87.4 cm³/mol. The molecular weight excluding hydrogens is 298 g/mol. The maximum atomic E-state index is 12.1. The van der Waals surface area contributed by atoms with Crippen molar-refractivity contribution in [2.75, 3.05) is 13.0 Å². The standard InChI is InChI=1S/C17H17NO3S/c1-22-10-12-2-5-14(6-3-12)17(19)18-9-13-4-7-15-16(8-13)21-11-20-15/h2-8H,9-11H2,1H3,(H,18,19). The fourth-order valence-electron chi connectivity index (χ4n) is 2.25. The first-order chi connectivity index (χ1) is 10.8. The van der Waals surface area contributed by atoms with E-state index < -0.39 is 0 Å². The largest absolute Gasteiger partial charge is 0.454 e. The van der Waals surface area contributed by atoms with Gasteiger partial charge in [0.05, 0.1) is 0 Å². The van der Waals surface area contributed by atoms with Gasteiger partial charge in [-0.2, -0.15) is 11.8 Å². The Bertz CT molecular complexity index is 670. The zero-order valence-electron chi connectivity index (χ0n) is 12.3. The van der Waals surface area contributed by atoms with E-state index in [4.69, 9.17) is 9.47 Å². The van der Waals surface area contributed by atoms with Gasteiger partial charge in [-0.15, -0.1) is 0 Å². The van der Waals surface area contributed by atoms with Crippen molar-refractivity contribution in [1.82, 2.24) is 5.32 Å².